The number of anilines is 1. The van der Waals surface area contributed by atoms with Crippen LogP contribution in [0.3, 0.4) is 0 Å². The summed E-state index contributed by atoms with van der Waals surface area (Å²) in [6.07, 6.45) is 0.706. The Labute approximate surface area is 189 Å². The van der Waals surface area contributed by atoms with Crippen LogP contribution >= 0.6 is 0 Å². The van der Waals surface area contributed by atoms with E-state index < -0.39 is 18.1 Å². The highest BCUT2D eigenvalue weighted by Gasteiger charge is 2.51. The molecule has 3 aliphatic heterocycles. The van der Waals surface area contributed by atoms with Crippen molar-refractivity contribution in [3.63, 3.8) is 0 Å². The van der Waals surface area contributed by atoms with Crippen LogP contribution in [0.25, 0.3) is 16.6 Å². The van der Waals surface area contributed by atoms with E-state index in [1.165, 1.54) is 12.1 Å². The third kappa shape index (κ3) is 3.27. The van der Waals surface area contributed by atoms with Gasteiger partial charge >= 0.3 is 18.1 Å². The third-order valence-corrected chi connectivity index (χ3v) is 7.34. The molecule has 0 saturated carbocycles. The molecular formula is C24H26F3N3O3. The van der Waals surface area contributed by atoms with Crippen LogP contribution in [0.1, 0.15) is 50.4 Å². The predicted molar refractivity (Wildman–Crippen MR) is 118 cm³/mol. The van der Waals surface area contributed by atoms with Crippen molar-refractivity contribution in [3.05, 3.63) is 35.5 Å². The quantitative estimate of drug-likeness (QED) is 0.674. The van der Waals surface area contributed by atoms with Crippen molar-refractivity contribution < 1.29 is 27.5 Å². The number of nitrogens with one attached hydrogen (secondary N) is 1. The fraction of sp³-hybridized carbons (Fsp3) is 0.500. The summed E-state index contributed by atoms with van der Waals surface area (Å²) in [5, 5.41) is 2.83. The molecule has 0 unspecified atom stereocenters. The van der Waals surface area contributed by atoms with E-state index in [4.69, 9.17) is 4.74 Å². The Morgan fingerprint density at radius 3 is 2.73 bits per heavy atom. The first kappa shape index (κ1) is 22.0. The highest BCUT2D eigenvalue weighted by molar-refractivity contribution is 6.13. The number of hydrogen-bond donors (Lipinski definition) is 1. The molecule has 5 rings (SSSR count). The largest absolute Gasteiger partial charge is 0.471 e. The van der Waals surface area contributed by atoms with E-state index in [1.807, 2.05) is 16.0 Å². The number of aromatic nitrogens is 1. The first-order valence-corrected chi connectivity index (χ1v) is 11.4. The average molecular weight is 461 g/mol. The number of carbonyl (C=O) groups excluding carboxylic acids is 2. The molecule has 1 aromatic carbocycles. The highest BCUT2D eigenvalue weighted by Crippen LogP contribution is 2.57. The standard InChI is InChI=1S/C24H26F3N3O3/c1-3-23-9-5-10-29-11-8-16-15-7-6-14(28-22(32)24(25,26)27)12-17(15)30(19(16)20(23)29)18(13-23)21(31)33-4-2/h6-7,12-13,20H,3-5,8-11H2,1-2H3,(H,28,32)/t20-,23+/m1/s1. The van der Waals surface area contributed by atoms with E-state index >= 15 is 0 Å². The van der Waals surface area contributed by atoms with Gasteiger partial charge in [0.05, 0.1) is 18.2 Å². The summed E-state index contributed by atoms with van der Waals surface area (Å²) in [6, 6.07) is 4.86. The zero-order valence-corrected chi connectivity index (χ0v) is 18.6. The van der Waals surface area contributed by atoms with Crippen molar-refractivity contribution in [2.75, 3.05) is 25.0 Å². The van der Waals surface area contributed by atoms with Gasteiger partial charge in [-0.05, 0) is 62.9 Å². The maximum absolute atomic E-state index is 13.1. The van der Waals surface area contributed by atoms with Crippen molar-refractivity contribution in [1.82, 2.24) is 9.47 Å². The zero-order chi connectivity index (χ0) is 23.5. The number of hydrogen-bond acceptors (Lipinski definition) is 4. The fourth-order valence-corrected chi connectivity index (χ4v) is 5.96. The lowest BCUT2D eigenvalue weighted by Gasteiger charge is -2.53. The highest BCUT2D eigenvalue weighted by atomic mass is 19.4. The van der Waals surface area contributed by atoms with Crippen molar-refractivity contribution >= 4 is 34.2 Å². The lowest BCUT2D eigenvalue weighted by molar-refractivity contribution is -0.167. The number of fused-ring (bicyclic) bond motifs is 3. The van der Waals surface area contributed by atoms with Crippen LogP contribution in [-0.4, -0.2) is 47.2 Å². The van der Waals surface area contributed by atoms with E-state index in [1.54, 1.807) is 13.0 Å². The van der Waals surface area contributed by atoms with Gasteiger partial charge < -0.3 is 14.6 Å². The monoisotopic (exact) mass is 461 g/mol. The van der Waals surface area contributed by atoms with E-state index in [2.05, 4.69) is 11.8 Å². The fourth-order valence-electron chi connectivity index (χ4n) is 5.96. The third-order valence-electron chi connectivity index (χ3n) is 7.34. The molecule has 0 bridgehead atoms. The summed E-state index contributed by atoms with van der Waals surface area (Å²) in [7, 11) is 0. The molecule has 1 fully saturated rings. The summed E-state index contributed by atoms with van der Waals surface area (Å²) < 4.78 is 45.7. The second kappa shape index (κ2) is 7.62. The van der Waals surface area contributed by atoms with Gasteiger partial charge in [-0.25, -0.2) is 4.79 Å². The summed E-state index contributed by atoms with van der Waals surface area (Å²) in [6.45, 7) is 5.98. The normalized spacial score (nSPS) is 24.3. The maximum Gasteiger partial charge on any atom is 0.471 e. The minimum Gasteiger partial charge on any atom is -0.461 e. The molecule has 33 heavy (non-hydrogen) atoms. The van der Waals surface area contributed by atoms with E-state index in [9.17, 15) is 22.8 Å². The molecule has 2 aromatic rings. The molecule has 6 nitrogen and oxygen atoms in total. The molecule has 1 aromatic heterocycles. The van der Waals surface area contributed by atoms with E-state index in [-0.39, 0.29) is 23.8 Å². The first-order valence-electron chi connectivity index (χ1n) is 11.4. The summed E-state index contributed by atoms with van der Waals surface area (Å²) >= 11 is 0. The maximum atomic E-state index is 13.1. The van der Waals surface area contributed by atoms with Crippen LogP contribution in [0.5, 0.6) is 0 Å². The first-order chi connectivity index (χ1) is 15.7. The Morgan fingerprint density at radius 1 is 1.24 bits per heavy atom. The van der Waals surface area contributed by atoms with Gasteiger partial charge in [0.15, 0.2) is 0 Å². The lowest BCUT2D eigenvalue weighted by Crippen LogP contribution is -2.51. The Kier molecular flexibility index (Phi) is 5.08. The van der Waals surface area contributed by atoms with Gasteiger partial charge in [0, 0.05) is 28.7 Å². The van der Waals surface area contributed by atoms with Crippen LogP contribution in [0.15, 0.2) is 24.3 Å². The van der Waals surface area contributed by atoms with Crippen LogP contribution in [0.2, 0.25) is 0 Å². The molecule has 0 radical (unpaired) electrons. The van der Waals surface area contributed by atoms with E-state index in [0.717, 1.165) is 55.4 Å². The van der Waals surface area contributed by atoms with Gasteiger partial charge in [-0.15, -0.1) is 0 Å². The number of piperidine rings is 1. The number of esters is 1. The summed E-state index contributed by atoms with van der Waals surface area (Å²) in [5.41, 5.74) is 3.00. The number of rotatable bonds is 4. The van der Waals surface area contributed by atoms with E-state index in [0.29, 0.717) is 11.2 Å². The van der Waals surface area contributed by atoms with Crippen LogP contribution in [-0.2, 0) is 20.7 Å². The Morgan fingerprint density at radius 2 is 2.03 bits per heavy atom. The Bertz CT molecular complexity index is 1180. The molecule has 3 aliphatic rings. The van der Waals surface area contributed by atoms with Crippen molar-refractivity contribution in [1.29, 1.82) is 0 Å². The topological polar surface area (TPSA) is 63.6 Å². The van der Waals surface area contributed by atoms with Crippen molar-refractivity contribution in [3.8, 4) is 0 Å². The molecular weight excluding hydrogens is 435 g/mol. The smallest absolute Gasteiger partial charge is 0.461 e. The van der Waals surface area contributed by atoms with Crippen LogP contribution in [0.4, 0.5) is 18.9 Å². The average Bonchev–Trinajstić information content (AvgIpc) is 3.11. The molecule has 176 valence electrons. The number of alkyl halides is 3. The zero-order valence-electron chi connectivity index (χ0n) is 18.6. The molecule has 1 amide bonds. The van der Waals surface area contributed by atoms with Gasteiger partial charge in [-0.3, -0.25) is 9.69 Å². The summed E-state index contributed by atoms with van der Waals surface area (Å²) in [5.74, 6) is -2.47. The molecule has 0 spiro atoms. The van der Waals surface area contributed by atoms with Gasteiger partial charge in [0.1, 0.15) is 5.70 Å². The van der Waals surface area contributed by atoms with Crippen molar-refractivity contribution in [2.45, 2.75) is 51.7 Å². The van der Waals surface area contributed by atoms with Crippen molar-refractivity contribution in [2.24, 2.45) is 5.41 Å². The minimum atomic E-state index is -4.99. The number of halogens is 3. The predicted octanol–water partition coefficient (Wildman–Crippen LogP) is 4.65. The number of benzene rings is 1. The number of carbonyl (C=O) groups is 2. The number of ether oxygens (including phenoxy) is 1. The Balaban J connectivity index is 1.74. The molecule has 2 atom stereocenters. The molecule has 4 heterocycles. The van der Waals surface area contributed by atoms with Gasteiger partial charge in [-0.1, -0.05) is 13.0 Å². The number of amides is 1. The second-order valence-electron chi connectivity index (χ2n) is 9.01. The minimum absolute atomic E-state index is 0.0342. The van der Waals surface area contributed by atoms with Gasteiger partial charge in [-0.2, -0.15) is 13.2 Å². The van der Waals surface area contributed by atoms with Crippen LogP contribution < -0.4 is 5.32 Å². The molecule has 1 saturated heterocycles. The second-order valence-corrected chi connectivity index (χ2v) is 9.01. The number of nitrogens with zero attached hydrogens (tertiary/aromatic N) is 2. The van der Waals surface area contributed by atoms with Gasteiger partial charge in [0.25, 0.3) is 0 Å². The lowest BCUT2D eigenvalue weighted by atomic mass is 9.66. The molecule has 9 heteroatoms. The Hall–Kier alpha value is -2.81. The molecule has 1 N–H and O–H groups in total. The van der Waals surface area contributed by atoms with Crippen LogP contribution in [0, 0.1) is 5.41 Å². The van der Waals surface area contributed by atoms with Gasteiger partial charge in [0.2, 0.25) is 0 Å². The molecule has 0 aliphatic carbocycles. The summed E-state index contributed by atoms with van der Waals surface area (Å²) in [4.78, 5) is 27.1. The SMILES string of the molecule is CCOC(=O)C1=C[C@]2(CC)CCCN3CCc4c(n1c1cc(NC(=O)C(F)(F)F)ccc41)[C@@H]32.